The molecule has 0 radical (unpaired) electrons. The first-order chi connectivity index (χ1) is 15.4. The zero-order valence-corrected chi connectivity index (χ0v) is 19.1. The van der Waals surface area contributed by atoms with Gasteiger partial charge < -0.3 is 10.2 Å². The molecule has 0 saturated carbocycles. The van der Waals surface area contributed by atoms with Crippen LogP contribution >= 0.6 is 11.3 Å². The predicted molar refractivity (Wildman–Crippen MR) is 125 cm³/mol. The Morgan fingerprint density at radius 3 is 2.56 bits per heavy atom. The van der Waals surface area contributed by atoms with Gasteiger partial charge in [0, 0.05) is 19.3 Å². The fraction of sp³-hybridized carbons (Fsp3) is 0.217. The first-order valence-corrected chi connectivity index (χ1v) is 12.5. The number of benzene rings is 2. The van der Waals surface area contributed by atoms with Gasteiger partial charge in [0.1, 0.15) is 6.04 Å². The number of carbonyl (C=O) groups is 2. The summed E-state index contributed by atoms with van der Waals surface area (Å²) in [6, 6.07) is 17.9. The fourth-order valence-corrected chi connectivity index (χ4v) is 5.64. The third kappa shape index (κ3) is 4.39. The molecule has 1 N–H and O–H groups in total. The molecule has 32 heavy (non-hydrogen) atoms. The van der Waals surface area contributed by atoms with Gasteiger partial charge in [-0.05, 0) is 54.6 Å². The molecular weight excluding hydrogens is 446 g/mol. The summed E-state index contributed by atoms with van der Waals surface area (Å²) in [5.41, 5.74) is 0.906. The van der Waals surface area contributed by atoms with Crippen molar-refractivity contribution in [2.45, 2.75) is 23.8 Å². The van der Waals surface area contributed by atoms with Gasteiger partial charge in [0.05, 0.1) is 15.5 Å². The van der Waals surface area contributed by atoms with E-state index < -0.39 is 16.1 Å². The second kappa shape index (κ2) is 9.13. The van der Waals surface area contributed by atoms with Crippen molar-refractivity contribution >= 4 is 44.5 Å². The van der Waals surface area contributed by atoms with E-state index in [4.69, 9.17) is 0 Å². The van der Waals surface area contributed by atoms with E-state index in [-0.39, 0.29) is 16.7 Å². The Hall–Kier alpha value is -3.17. The zero-order chi connectivity index (χ0) is 22.7. The molecule has 166 valence electrons. The molecule has 1 saturated heterocycles. The van der Waals surface area contributed by atoms with Crippen LogP contribution in [-0.2, 0) is 14.8 Å². The van der Waals surface area contributed by atoms with Gasteiger partial charge in [0.25, 0.3) is 15.9 Å². The molecule has 7 nitrogen and oxygen atoms in total. The molecule has 1 aliphatic rings. The molecule has 1 aromatic heterocycles. The number of likely N-dealkylation sites (tertiary alicyclic amines) is 1. The highest BCUT2D eigenvalue weighted by atomic mass is 32.2. The van der Waals surface area contributed by atoms with Crippen LogP contribution in [0.15, 0.2) is 77.0 Å². The molecule has 9 heteroatoms. The molecule has 0 aliphatic carbocycles. The van der Waals surface area contributed by atoms with Crippen LogP contribution in [0.3, 0.4) is 0 Å². The van der Waals surface area contributed by atoms with Crippen molar-refractivity contribution < 1.29 is 18.0 Å². The lowest BCUT2D eigenvalue weighted by Crippen LogP contribution is -2.43. The smallest absolute Gasteiger partial charge is 0.264 e. The minimum atomic E-state index is -3.80. The number of anilines is 2. The van der Waals surface area contributed by atoms with E-state index in [1.807, 2.05) is 11.4 Å². The Morgan fingerprint density at radius 1 is 1.06 bits per heavy atom. The topological polar surface area (TPSA) is 86.8 Å². The average molecular weight is 470 g/mol. The number of sulfonamides is 1. The number of hydrogen-bond acceptors (Lipinski definition) is 5. The summed E-state index contributed by atoms with van der Waals surface area (Å²) in [5.74, 6) is -0.475. The standard InChI is InChI=1S/C23H23N3O4S2/c1-25(18-9-3-2-4-10-18)32(29,30)19-11-5-8-17(16-19)24-22(27)20-12-6-14-26(20)23(28)21-13-7-15-31-21/h2-5,7-11,13,15-16,20H,6,12,14H2,1H3,(H,24,27)/t20-/m0/s1. The fourth-order valence-electron chi connectivity index (χ4n) is 3.72. The summed E-state index contributed by atoms with van der Waals surface area (Å²) in [6.07, 6.45) is 1.31. The highest BCUT2D eigenvalue weighted by Gasteiger charge is 2.35. The Balaban J connectivity index is 1.51. The third-order valence-corrected chi connectivity index (χ3v) is 8.07. The minimum absolute atomic E-state index is 0.0691. The predicted octanol–water partition coefficient (Wildman–Crippen LogP) is 3.82. The van der Waals surface area contributed by atoms with Gasteiger partial charge in [0.15, 0.2) is 0 Å². The van der Waals surface area contributed by atoms with Gasteiger partial charge in [-0.2, -0.15) is 0 Å². The summed E-state index contributed by atoms with van der Waals surface area (Å²) in [4.78, 5) is 28.0. The van der Waals surface area contributed by atoms with Gasteiger partial charge >= 0.3 is 0 Å². The number of para-hydroxylation sites is 1. The van der Waals surface area contributed by atoms with Crippen LogP contribution in [0.25, 0.3) is 0 Å². The van der Waals surface area contributed by atoms with Crippen LogP contribution in [-0.4, -0.2) is 44.8 Å². The van der Waals surface area contributed by atoms with Gasteiger partial charge in [-0.25, -0.2) is 8.42 Å². The number of nitrogens with one attached hydrogen (secondary N) is 1. The van der Waals surface area contributed by atoms with Crippen molar-refractivity contribution in [3.05, 3.63) is 77.0 Å². The molecule has 0 spiro atoms. The van der Waals surface area contributed by atoms with Crippen molar-refractivity contribution in [2.24, 2.45) is 0 Å². The molecule has 3 aromatic rings. The van der Waals surface area contributed by atoms with E-state index in [9.17, 15) is 18.0 Å². The molecule has 1 fully saturated rings. The first kappa shape index (κ1) is 22.0. The lowest BCUT2D eigenvalue weighted by atomic mass is 10.2. The maximum Gasteiger partial charge on any atom is 0.264 e. The summed E-state index contributed by atoms with van der Waals surface area (Å²) in [6.45, 7) is 0.519. The Labute approximate surface area is 191 Å². The van der Waals surface area contributed by atoms with Crippen LogP contribution in [0, 0.1) is 0 Å². The quantitative estimate of drug-likeness (QED) is 0.595. The second-order valence-electron chi connectivity index (χ2n) is 7.46. The van der Waals surface area contributed by atoms with Crippen LogP contribution in [0.5, 0.6) is 0 Å². The summed E-state index contributed by atoms with van der Waals surface area (Å²) in [7, 11) is -2.32. The second-order valence-corrected chi connectivity index (χ2v) is 10.4. The Morgan fingerprint density at radius 2 is 1.84 bits per heavy atom. The van der Waals surface area contributed by atoms with Gasteiger partial charge in [-0.15, -0.1) is 11.3 Å². The number of carbonyl (C=O) groups excluding carboxylic acids is 2. The van der Waals surface area contributed by atoms with Gasteiger partial charge in [-0.3, -0.25) is 13.9 Å². The van der Waals surface area contributed by atoms with Crippen molar-refractivity contribution in [2.75, 3.05) is 23.2 Å². The van der Waals surface area contributed by atoms with Crippen molar-refractivity contribution in [1.29, 1.82) is 0 Å². The molecular formula is C23H23N3O4S2. The van der Waals surface area contributed by atoms with E-state index in [1.54, 1.807) is 53.4 Å². The summed E-state index contributed by atoms with van der Waals surface area (Å²) in [5, 5.41) is 4.62. The number of nitrogens with zero attached hydrogens (tertiary/aromatic N) is 2. The number of amides is 2. The summed E-state index contributed by atoms with van der Waals surface area (Å²) >= 11 is 1.35. The van der Waals surface area contributed by atoms with Crippen LogP contribution in [0.1, 0.15) is 22.5 Å². The summed E-state index contributed by atoms with van der Waals surface area (Å²) < 4.78 is 27.3. The average Bonchev–Trinajstić information content (AvgIpc) is 3.51. The number of hydrogen-bond donors (Lipinski definition) is 1. The zero-order valence-electron chi connectivity index (χ0n) is 17.5. The molecule has 1 atom stereocenters. The molecule has 1 aliphatic heterocycles. The largest absolute Gasteiger partial charge is 0.326 e. The van der Waals surface area contributed by atoms with Gasteiger partial charge in [-0.1, -0.05) is 30.3 Å². The highest BCUT2D eigenvalue weighted by Crippen LogP contribution is 2.26. The lowest BCUT2D eigenvalue weighted by Gasteiger charge is -2.24. The minimum Gasteiger partial charge on any atom is -0.326 e. The van der Waals surface area contributed by atoms with Crippen LogP contribution in [0.4, 0.5) is 11.4 Å². The normalized spacial score (nSPS) is 16.0. The van der Waals surface area contributed by atoms with Crippen molar-refractivity contribution in [3.8, 4) is 0 Å². The SMILES string of the molecule is CN(c1ccccc1)S(=O)(=O)c1cccc(NC(=O)[C@@H]2CCCN2C(=O)c2cccs2)c1. The van der Waals surface area contributed by atoms with Crippen LogP contribution < -0.4 is 9.62 Å². The van der Waals surface area contributed by atoms with E-state index in [0.29, 0.717) is 29.2 Å². The molecule has 4 rings (SSSR count). The van der Waals surface area contributed by atoms with E-state index in [1.165, 1.54) is 34.8 Å². The lowest BCUT2D eigenvalue weighted by molar-refractivity contribution is -0.119. The maximum atomic E-state index is 13.1. The molecule has 2 heterocycles. The van der Waals surface area contributed by atoms with Crippen molar-refractivity contribution in [3.63, 3.8) is 0 Å². The monoisotopic (exact) mass is 469 g/mol. The first-order valence-electron chi connectivity index (χ1n) is 10.2. The number of rotatable bonds is 6. The third-order valence-electron chi connectivity index (χ3n) is 5.43. The van der Waals surface area contributed by atoms with E-state index >= 15 is 0 Å². The molecule has 2 amide bonds. The molecule has 0 unspecified atom stereocenters. The maximum absolute atomic E-state index is 13.1. The van der Waals surface area contributed by atoms with Gasteiger partial charge in [0.2, 0.25) is 5.91 Å². The van der Waals surface area contributed by atoms with E-state index in [2.05, 4.69) is 5.32 Å². The van der Waals surface area contributed by atoms with Crippen molar-refractivity contribution in [1.82, 2.24) is 4.90 Å². The molecule has 0 bridgehead atoms. The Bertz CT molecular complexity index is 1210. The van der Waals surface area contributed by atoms with E-state index in [0.717, 1.165) is 6.42 Å². The Kier molecular flexibility index (Phi) is 6.29. The van der Waals surface area contributed by atoms with Crippen LogP contribution in [0.2, 0.25) is 0 Å². The molecule has 2 aromatic carbocycles. The highest BCUT2D eigenvalue weighted by molar-refractivity contribution is 7.92. The number of thiophene rings is 1.